The highest BCUT2D eigenvalue weighted by atomic mass is 14.9. The third-order valence-electron chi connectivity index (χ3n) is 4.35. The summed E-state index contributed by atoms with van der Waals surface area (Å²) in [5.41, 5.74) is 1.46. The van der Waals surface area contributed by atoms with Gasteiger partial charge in [0.1, 0.15) is 0 Å². The molecule has 0 saturated heterocycles. The van der Waals surface area contributed by atoms with Crippen LogP contribution >= 0.6 is 0 Å². The molecular formula is C17H27N. The molecule has 1 aromatic rings. The maximum Gasteiger partial charge on any atom is 0.00413 e. The highest BCUT2D eigenvalue weighted by Crippen LogP contribution is 2.30. The third kappa shape index (κ3) is 4.13. The normalized spacial score (nSPS) is 19.2. The zero-order valence-electron chi connectivity index (χ0n) is 11.9. The molecule has 2 atom stereocenters. The van der Waals surface area contributed by atoms with E-state index in [-0.39, 0.29) is 0 Å². The molecule has 1 saturated carbocycles. The Balaban J connectivity index is 1.62. The fraction of sp³-hybridized carbons (Fsp3) is 0.647. The molecule has 1 fully saturated rings. The number of hydrogen-bond acceptors (Lipinski definition) is 1. The van der Waals surface area contributed by atoms with Crippen LogP contribution in [0.1, 0.15) is 57.4 Å². The number of rotatable bonds is 7. The molecule has 0 spiro atoms. The van der Waals surface area contributed by atoms with E-state index in [9.17, 15) is 0 Å². The van der Waals surface area contributed by atoms with Crippen molar-refractivity contribution in [2.45, 2.75) is 57.9 Å². The van der Waals surface area contributed by atoms with Crippen LogP contribution in [0.3, 0.4) is 0 Å². The Hall–Kier alpha value is -0.820. The molecule has 0 radical (unpaired) electrons. The Labute approximate surface area is 112 Å². The van der Waals surface area contributed by atoms with E-state index >= 15 is 0 Å². The smallest absolute Gasteiger partial charge is 0.00413 e. The molecule has 1 aliphatic rings. The second-order valence-corrected chi connectivity index (χ2v) is 5.99. The van der Waals surface area contributed by atoms with Crippen molar-refractivity contribution in [1.82, 2.24) is 5.32 Å². The zero-order chi connectivity index (χ0) is 12.8. The molecule has 1 N–H and O–H groups in total. The molecule has 2 rings (SSSR count). The first-order chi connectivity index (χ1) is 8.75. The summed E-state index contributed by atoms with van der Waals surface area (Å²) < 4.78 is 0. The summed E-state index contributed by atoms with van der Waals surface area (Å²) in [6.45, 7) is 5.81. The largest absolute Gasteiger partial charge is 0.314 e. The van der Waals surface area contributed by atoms with Crippen LogP contribution in [0.4, 0.5) is 0 Å². The van der Waals surface area contributed by atoms with Gasteiger partial charge in [-0.05, 0) is 43.7 Å². The van der Waals surface area contributed by atoms with Gasteiger partial charge in [0.2, 0.25) is 0 Å². The summed E-state index contributed by atoms with van der Waals surface area (Å²) in [6, 6.07) is 11.5. The molecule has 1 aromatic carbocycles. The quantitative estimate of drug-likeness (QED) is 0.753. The lowest BCUT2D eigenvalue weighted by Crippen LogP contribution is -2.31. The summed E-state index contributed by atoms with van der Waals surface area (Å²) >= 11 is 0. The summed E-state index contributed by atoms with van der Waals surface area (Å²) in [5, 5.41) is 3.68. The number of benzene rings is 1. The molecular weight excluding hydrogens is 218 g/mol. The van der Waals surface area contributed by atoms with Gasteiger partial charge in [0.15, 0.2) is 0 Å². The van der Waals surface area contributed by atoms with Crippen LogP contribution in [0.25, 0.3) is 0 Å². The van der Waals surface area contributed by atoms with Crippen LogP contribution < -0.4 is 5.32 Å². The predicted octanol–water partition coefficient (Wildman–Crippen LogP) is 4.35. The molecule has 100 valence electrons. The highest BCUT2D eigenvalue weighted by Gasteiger charge is 2.19. The molecule has 0 aromatic heterocycles. The van der Waals surface area contributed by atoms with Crippen molar-refractivity contribution in [2.24, 2.45) is 5.92 Å². The number of hydrogen-bond donors (Lipinski definition) is 1. The van der Waals surface area contributed by atoms with Gasteiger partial charge >= 0.3 is 0 Å². The van der Waals surface area contributed by atoms with Crippen LogP contribution in [0, 0.1) is 5.92 Å². The van der Waals surface area contributed by atoms with Gasteiger partial charge in [-0.15, -0.1) is 0 Å². The van der Waals surface area contributed by atoms with E-state index in [1.165, 1.54) is 37.7 Å². The second-order valence-electron chi connectivity index (χ2n) is 5.99. The Morgan fingerprint density at radius 2 is 1.89 bits per heavy atom. The van der Waals surface area contributed by atoms with Crippen molar-refractivity contribution in [3.63, 3.8) is 0 Å². The second kappa shape index (κ2) is 6.94. The van der Waals surface area contributed by atoms with Crippen LogP contribution in [-0.2, 0) is 0 Å². The van der Waals surface area contributed by atoms with Crippen molar-refractivity contribution in [3.05, 3.63) is 35.9 Å². The van der Waals surface area contributed by atoms with E-state index < -0.39 is 0 Å². The van der Waals surface area contributed by atoms with Crippen LogP contribution in [0.15, 0.2) is 30.3 Å². The van der Waals surface area contributed by atoms with Gasteiger partial charge in [-0.2, -0.15) is 0 Å². The summed E-state index contributed by atoms with van der Waals surface area (Å²) in [4.78, 5) is 0. The van der Waals surface area contributed by atoms with Crippen molar-refractivity contribution < 1.29 is 0 Å². The molecule has 1 nitrogen and oxygen atoms in total. The maximum atomic E-state index is 3.68. The van der Waals surface area contributed by atoms with Crippen molar-refractivity contribution in [1.29, 1.82) is 0 Å². The molecule has 18 heavy (non-hydrogen) atoms. The van der Waals surface area contributed by atoms with Crippen molar-refractivity contribution in [2.75, 3.05) is 6.54 Å². The standard InChI is InChI=1S/C17H27N/c1-14(17-9-4-3-5-10-17)11-12-18-15(2)13-16-7-6-8-16/h3-5,9-10,14-16,18H,6-8,11-13H2,1-2H3. The summed E-state index contributed by atoms with van der Waals surface area (Å²) in [7, 11) is 0. The fourth-order valence-electron chi connectivity index (χ4n) is 2.81. The minimum atomic E-state index is 0.662. The first-order valence-electron chi connectivity index (χ1n) is 7.54. The van der Waals surface area contributed by atoms with Gasteiger partial charge in [0.05, 0.1) is 0 Å². The van der Waals surface area contributed by atoms with Gasteiger partial charge < -0.3 is 5.32 Å². The maximum absolute atomic E-state index is 3.68. The molecule has 0 bridgehead atoms. The van der Waals surface area contributed by atoms with Gasteiger partial charge in [0.25, 0.3) is 0 Å². The van der Waals surface area contributed by atoms with Gasteiger partial charge in [-0.25, -0.2) is 0 Å². The molecule has 0 amide bonds. The van der Waals surface area contributed by atoms with Gasteiger partial charge in [-0.3, -0.25) is 0 Å². The third-order valence-corrected chi connectivity index (χ3v) is 4.35. The Morgan fingerprint density at radius 3 is 2.50 bits per heavy atom. The molecule has 0 heterocycles. The Kier molecular flexibility index (Phi) is 5.25. The Morgan fingerprint density at radius 1 is 1.17 bits per heavy atom. The van der Waals surface area contributed by atoms with Gasteiger partial charge in [0, 0.05) is 6.04 Å². The van der Waals surface area contributed by atoms with Crippen molar-refractivity contribution in [3.8, 4) is 0 Å². The van der Waals surface area contributed by atoms with E-state index in [1.807, 2.05) is 0 Å². The average molecular weight is 245 g/mol. The van der Waals surface area contributed by atoms with E-state index in [0.717, 1.165) is 12.5 Å². The van der Waals surface area contributed by atoms with Crippen molar-refractivity contribution >= 4 is 0 Å². The lowest BCUT2D eigenvalue weighted by Gasteiger charge is -2.28. The predicted molar refractivity (Wildman–Crippen MR) is 78.9 cm³/mol. The van der Waals surface area contributed by atoms with Crippen LogP contribution in [0.5, 0.6) is 0 Å². The summed E-state index contributed by atoms with van der Waals surface area (Å²) in [5.74, 6) is 1.67. The highest BCUT2D eigenvalue weighted by molar-refractivity contribution is 5.18. The zero-order valence-corrected chi connectivity index (χ0v) is 11.9. The van der Waals surface area contributed by atoms with Crippen LogP contribution in [-0.4, -0.2) is 12.6 Å². The monoisotopic (exact) mass is 245 g/mol. The van der Waals surface area contributed by atoms with E-state index in [2.05, 4.69) is 49.5 Å². The van der Waals surface area contributed by atoms with Gasteiger partial charge in [-0.1, -0.05) is 56.5 Å². The van der Waals surface area contributed by atoms with Crippen LogP contribution in [0.2, 0.25) is 0 Å². The van der Waals surface area contributed by atoms with E-state index in [1.54, 1.807) is 0 Å². The fourth-order valence-corrected chi connectivity index (χ4v) is 2.81. The molecule has 1 aliphatic carbocycles. The van der Waals surface area contributed by atoms with E-state index in [0.29, 0.717) is 12.0 Å². The lowest BCUT2D eigenvalue weighted by atomic mass is 9.81. The minimum absolute atomic E-state index is 0.662. The SMILES string of the molecule is CC(CC1CCC1)NCCC(C)c1ccccc1. The first kappa shape index (κ1) is 13.6. The molecule has 0 aliphatic heterocycles. The molecule has 2 unspecified atom stereocenters. The lowest BCUT2D eigenvalue weighted by molar-refractivity contribution is 0.265. The number of nitrogens with one attached hydrogen (secondary N) is 1. The minimum Gasteiger partial charge on any atom is -0.314 e. The molecule has 1 heteroatoms. The van der Waals surface area contributed by atoms with E-state index in [4.69, 9.17) is 0 Å². The average Bonchev–Trinajstić information content (AvgIpc) is 2.35. The summed E-state index contributed by atoms with van der Waals surface area (Å²) in [6.07, 6.45) is 7.00. The first-order valence-corrected chi connectivity index (χ1v) is 7.54. The topological polar surface area (TPSA) is 12.0 Å². The Bertz CT molecular complexity index is 329.